The van der Waals surface area contributed by atoms with Crippen LogP contribution in [-0.2, 0) is 4.74 Å². The minimum atomic E-state index is -1.70. The number of hydrogen-bond acceptors (Lipinski definition) is 6. The van der Waals surface area contributed by atoms with E-state index in [4.69, 9.17) is 26.2 Å². The second-order valence-corrected chi connectivity index (χ2v) is 4.68. The van der Waals surface area contributed by atoms with Gasteiger partial charge in [0.15, 0.2) is 0 Å². The van der Waals surface area contributed by atoms with E-state index in [1.807, 2.05) is 0 Å². The molecule has 2 rings (SSSR count). The molecule has 3 N–H and O–H groups in total. The molecule has 0 unspecified atom stereocenters. The van der Waals surface area contributed by atoms with Crippen LogP contribution in [-0.4, -0.2) is 52.6 Å². The Balaban J connectivity index is 2.09. The predicted molar refractivity (Wildman–Crippen MR) is 63.6 cm³/mol. The SMILES string of the molecule is [O-][C@@H]1O[C@H](CO)[C@H](O)[C@H](O)[C@H]1Oc1ccc(Cl)cc1. The van der Waals surface area contributed by atoms with E-state index in [0.717, 1.165) is 0 Å². The van der Waals surface area contributed by atoms with Gasteiger partial charge in [-0.3, -0.25) is 0 Å². The highest BCUT2D eigenvalue weighted by Crippen LogP contribution is 2.24. The number of aliphatic hydroxyl groups is 3. The fraction of sp³-hybridized carbons (Fsp3) is 0.500. The van der Waals surface area contributed by atoms with Crippen molar-refractivity contribution in [3.8, 4) is 5.75 Å². The summed E-state index contributed by atoms with van der Waals surface area (Å²) in [6.07, 6.45) is -6.90. The molecule has 0 radical (unpaired) electrons. The van der Waals surface area contributed by atoms with Crippen molar-refractivity contribution in [1.82, 2.24) is 0 Å². The lowest BCUT2D eigenvalue weighted by molar-refractivity contribution is -0.530. The van der Waals surface area contributed by atoms with E-state index in [1.165, 1.54) is 12.1 Å². The third-order valence-corrected chi connectivity index (χ3v) is 3.16. The lowest BCUT2D eigenvalue weighted by Gasteiger charge is -2.45. The van der Waals surface area contributed by atoms with Crippen molar-refractivity contribution in [2.24, 2.45) is 0 Å². The van der Waals surface area contributed by atoms with E-state index in [9.17, 15) is 15.3 Å². The zero-order chi connectivity index (χ0) is 14.0. The third kappa shape index (κ3) is 3.17. The molecule has 1 aromatic rings. The number of rotatable bonds is 3. The maximum Gasteiger partial charge on any atom is 0.138 e. The predicted octanol–water partition coefficient (Wildman–Crippen LogP) is -1.11. The summed E-state index contributed by atoms with van der Waals surface area (Å²) in [6.45, 7) is -0.551. The van der Waals surface area contributed by atoms with Crippen molar-refractivity contribution < 1.29 is 29.9 Å². The van der Waals surface area contributed by atoms with Crippen molar-refractivity contribution in [3.05, 3.63) is 29.3 Å². The second-order valence-electron chi connectivity index (χ2n) is 4.24. The van der Waals surface area contributed by atoms with E-state index in [-0.39, 0.29) is 0 Å². The van der Waals surface area contributed by atoms with Crippen LogP contribution in [0.3, 0.4) is 0 Å². The number of halogens is 1. The molecule has 106 valence electrons. The first kappa shape index (κ1) is 14.5. The normalized spacial score (nSPS) is 35.1. The molecule has 0 aliphatic carbocycles. The van der Waals surface area contributed by atoms with Gasteiger partial charge >= 0.3 is 0 Å². The average Bonchev–Trinajstić information content (AvgIpc) is 2.41. The number of benzene rings is 1. The topological polar surface area (TPSA) is 102 Å². The summed E-state index contributed by atoms with van der Waals surface area (Å²) < 4.78 is 10.2. The molecule has 0 saturated carbocycles. The Morgan fingerprint density at radius 2 is 1.84 bits per heavy atom. The van der Waals surface area contributed by atoms with Crippen molar-refractivity contribution in [3.63, 3.8) is 0 Å². The molecule has 0 aromatic heterocycles. The van der Waals surface area contributed by atoms with Crippen LogP contribution in [0.5, 0.6) is 5.75 Å². The maximum absolute atomic E-state index is 11.7. The fourth-order valence-electron chi connectivity index (χ4n) is 1.85. The molecule has 1 fully saturated rings. The second kappa shape index (κ2) is 6.04. The average molecular weight is 290 g/mol. The highest BCUT2D eigenvalue weighted by Gasteiger charge is 2.41. The van der Waals surface area contributed by atoms with Crippen LogP contribution in [0.4, 0.5) is 0 Å². The quantitative estimate of drug-likeness (QED) is 0.652. The lowest BCUT2D eigenvalue weighted by atomic mass is 9.99. The summed E-state index contributed by atoms with van der Waals surface area (Å²) in [6, 6.07) is 6.21. The monoisotopic (exact) mass is 289 g/mol. The van der Waals surface area contributed by atoms with Crippen molar-refractivity contribution in [2.45, 2.75) is 30.7 Å². The van der Waals surface area contributed by atoms with Crippen LogP contribution >= 0.6 is 11.6 Å². The standard InChI is InChI=1S/C12H14ClO6/c13-6-1-3-7(4-2-6)18-11-10(16)9(15)8(5-14)19-12(11)17/h1-4,8-12,14-16H,5H2/q-1/t8-,9+,10+,11-,12-/m1/s1. The van der Waals surface area contributed by atoms with Crippen LogP contribution in [0.25, 0.3) is 0 Å². The van der Waals surface area contributed by atoms with Crippen LogP contribution in [0, 0.1) is 0 Å². The minimum Gasteiger partial charge on any atom is -0.828 e. The zero-order valence-electron chi connectivity index (χ0n) is 9.85. The molecule has 1 aliphatic rings. The van der Waals surface area contributed by atoms with Crippen molar-refractivity contribution in [1.29, 1.82) is 0 Å². The van der Waals surface area contributed by atoms with Crippen LogP contribution in [0.1, 0.15) is 0 Å². The Morgan fingerprint density at radius 3 is 2.42 bits per heavy atom. The van der Waals surface area contributed by atoms with E-state index in [2.05, 4.69) is 0 Å². The van der Waals surface area contributed by atoms with E-state index in [0.29, 0.717) is 10.8 Å². The van der Waals surface area contributed by atoms with Gasteiger partial charge in [0.2, 0.25) is 0 Å². The van der Waals surface area contributed by atoms with Gasteiger partial charge in [-0.1, -0.05) is 11.6 Å². The molecule has 0 amide bonds. The van der Waals surface area contributed by atoms with E-state index < -0.39 is 37.3 Å². The highest BCUT2D eigenvalue weighted by molar-refractivity contribution is 6.30. The number of ether oxygens (including phenoxy) is 2. The van der Waals surface area contributed by atoms with Crippen molar-refractivity contribution >= 4 is 11.6 Å². The summed E-state index contributed by atoms with van der Waals surface area (Å²) in [7, 11) is 0. The van der Waals surface area contributed by atoms with Gasteiger partial charge < -0.3 is 29.9 Å². The summed E-state index contributed by atoms with van der Waals surface area (Å²) >= 11 is 5.71. The molecule has 1 heterocycles. The van der Waals surface area contributed by atoms with Gasteiger partial charge in [-0.25, -0.2) is 0 Å². The maximum atomic E-state index is 11.7. The minimum absolute atomic E-state index is 0.326. The first-order valence-electron chi connectivity index (χ1n) is 5.73. The first-order chi connectivity index (χ1) is 9.02. The number of aliphatic hydroxyl groups excluding tert-OH is 3. The van der Waals surface area contributed by atoms with Crippen LogP contribution in [0.2, 0.25) is 5.02 Å². The molecule has 7 heteroatoms. The highest BCUT2D eigenvalue weighted by atomic mass is 35.5. The van der Waals surface area contributed by atoms with Crippen LogP contribution in [0.15, 0.2) is 24.3 Å². The Bertz CT molecular complexity index is 411. The van der Waals surface area contributed by atoms with Crippen molar-refractivity contribution in [2.75, 3.05) is 6.61 Å². The molecule has 5 atom stereocenters. The molecule has 19 heavy (non-hydrogen) atoms. The largest absolute Gasteiger partial charge is 0.828 e. The third-order valence-electron chi connectivity index (χ3n) is 2.91. The smallest absolute Gasteiger partial charge is 0.138 e. The molecule has 0 spiro atoms. The molecular formula is C12H14ClO6-. The number of hydrogen-bond donors (Lipinski definition) is 3. The molecular weight excluding hydrogens is 276 g/mol. The Kier molecular flexibility index (Phi) is 4.62. The molecule has 1 aliphatic heterocycles. The summed E-state index contributed by atoms with van der Waals surface area (Å²) in [5.41, 5.74) is 0. The van der Waals surface area contributed by atoms with Gasteiger partial charge in [-0.15, -0.1) is 0 Å². The van der Waals surface area contributed by atoms with E-state index in [1.54, 1.807) is 12.1 Å². The zero-order valence-corrected chi connectivity index (χ0v) is 10.6. The Morgan fingerprint density at radius 1 is 1.21 bits per heavy atom. The molecule has 0 bridgehead atoms. The Hall–Kier alpha value is -0.890. The van der Waals surface area contributed by atoms with Crippen LogP contribution < -0.4 is 9.84 Å². The van der Waals surface area contributed by atoms with Gasteiger partial charge in [0, 0.05) is 11.3 Å². The fourth-order valence-corrected chi connectivity index (χ4v) is 1.98. The van der Waals surface area contributed by atoms with Gasteiger partial charge in [0.25, 0.3) is 0 Å². The van der Waals surface area contributed by atoms with Gasteiger partial charge in [0.05, 0.1) is 6.61 Å². The lowest BCUT2D eigenvalue weighted by Crippen LogP contribution is -2.64. The summed E-state index contributed by atoms with van der Waals surface area (Å²) in [5.74, 6) is 0.326. The summed E-state index contributed by atoms with van der Waals surface area (Å²) in [5, 5.41) is 40.6. The molecule has 1 aromatic carbocycles. The Labute approximate surface area is 114 Å². The first-order valence-corrected chi connectivity index (χ1v) is 6.11. The molecule has 6 nitrogen and oxygen atoms in total. The van der Waals surface area contributed by atoms with Gasteiger partial charge in [-0.05, 0) is 24.3 Å². The summed E-state index contributed by atoms with van der Waals surface area (Å²) in [4.78, 5) is 0. The van der Waals surface area contributed by atoms with Gasteiger partial charge in [0.1, 0.15) is 30.2 Å². The van der Waals surface area contributed by atoms with Gasteiger partial charge in [-0.2, -0.15) is 0 Å². The molecule has 1 saturated heterocycles. The van der Waals surface area contributed by atoms with E-state index >= 15 is 0 Å².